The Balaban J connectivity index is 2.29. The van der Waals surface area contributed by atoms with E-state index in [2.05, 4.69) is 27.7 Å². The van der Waals surface area contributed by atoms with Crippen LogP contribution in [-0.4, -0.2) is 16.9 Å². The summed E-state index contributed by atoms with van der Waals surface area (Å²) in [5, 5.41) is 12.6. The van der Waals surface area contributed by atoms with Crippen LogP contribution in [0, 0.1) is 3.57 Å². The van der Waals surface area contributed by atoms with E-state index in [1.54, 1.807) is 0 Å². The molecular weight excluding hydrogens is 305 g/mol. The van der Waals surface area contributed by atoms with Gasteiger partial charge in [-0.2, -0.15) is 0 Å². The largest absolute Gasteiger partial charge is 0.396 e. The zero-order valence-corrected chi connectivity index (χ0v) is 10.1. The van der Waals surface area contributed by atoms with Crippen molar-refractivity contribution in [2.45, 2.75) is 6.42 Å². The van der Waals surface area contributed by atoms with Crippen LogP contribution in [-0.2, 0) is 6.42 Å². The summed E-state index contributed by atoms with van der Waals surface area (Å²) < 4.78 is 6.35. The van der Waals surface area contributed by atoms with E-state index < -0.39 is 0 Å². The van der Waals surface area contributed by atoms with Crippen LogP contribution < -0.4 is 0 Å². The third-order valence-corrected chi connectivity index (χ3v) is 2.71. The fraction of sp³-hybridized carbons (Fsp3) is 0.182. The minimum atomic E-state index is 0.0955. The van der Waals surface area contributed by atoms with Gasteiger partial charge in [0.25, 0.3) is 0 Å². The molecule has 0 amide bonds. The highest BCUT2D eigenvalue weighted by atomic mass is 127. The predicted molar refractivity (Wildman–Crippen MR) is 65.4 cm³/mol. The molecule has 1 aromatic carbocycles. The van der Waals surface area contributed by atoms with Crippen LogP contribution >= 0.6 is 22.6 Å². The molecule has 4 heteroatoms. The van der Waals surface area contributed by atoms with E-state index in [0.29, 0.717) is 6.42 Å². The average Bonchev–Trinajstić information content (AvgIpc) is 2.67. The van der Waals surface area contributed by atoms with Crippen molar-refractivity contribution in [2.24, 2.45) is 0 Å². The molecule has 0 aliphatic carbocycles. The lowest BCUT2D eigenvalue weighted by Gasteiger charge is -1.94. The van der Waals surface area contributed by atoms with Crippen molar-refractivity contribution in [2.75, 3.05) is 6.61 Å². The van der Waals surface area contributed by atoms with E-state index in [1.807, 2.05) is 30.3 Å². The van der Waals surface area contributed by atoms with Gasteiger partial charge in [-0.25, -0.2) is 0 Å². The Morgan fingerprint density at radius 3 is 2.93 bits per heavy atom. The molecule has 0 unspecified atom stereocenters. The van der Waals surface area contributed by atoms with E-state index in [1.165, 1.54) is 0 Å². The van der Waals surface area contributed by atoms with Crippen LogP contribution in [0.5, 0.6) is 0 Å². The summed E-state index contributed by atoms with van der Waals surface area (Å²) in [6.45, 7) is 0.0955. The van der Waals surface area contributed by atoms with Gasteiger partial charge in [-0.15, -0.1) is 0 Å². The number of halogens is 1. The van der Waals surface area contributed by atoms with Crippen LogP contribution in [0.4, 0.5) is 0 Å². The molecule has 78 valence electrons. The molecule has 0 saturated heterocycles. The molecular formula is C11H10INO2. The molecule has 0 saturated carbocycles. The highest BCUT2D eigenvalue weighted by molar-refractivity contribution is 14.1. The summed E-state index contributed by atoms with van der Waals surface area (Å²) in [5.74, 6) is 0.747. The third kappa shape index (κ3) is 2.57. The van der Waals surface area contributed by atoms with Crippen molar-refractivity contribution in [1.82, 2.24) is 5.16 Å². The smallest absolute Gasteiger partial charge is 0.167 e. The molecule has 0 aliphatic heterocycles. The Kier molecular flexibility index (Phi) is 3.37. The number of aliphatic hydroxyl groups excluding tert-OH is 1. The van der Waals surface area contributed by atoms with Gasteiger partial charge in [-0.05, 0) is 34.7 Å². The molecule has 0 atom stereocenters. The average molecular weight is 315 g/mol. The van der Waals surface area contributed by atoms with Crippen LogP contribution in [0.3, 0.4) is 0 Å². The first kappa shape index (κ1) is 10.6. The van der Waals surface area contributed by atoms with Crippen molar-refractivity contribution < 1.29 is 9.63 Å². The summed E-state index contributed by atoms with van der Waals surface area (Å²) in [6.07, 6.45) is 0.535. The molecule has 3 nitrogen and oxygen atoms in total. The molecule has 1 N–H and O–H groups in total. The van der Waals surface area contributed by atoms with Crippen LogP contribution in [0.25, 0.3) is 11.3 Å². The summed E-state index contributed by atoms with van der Waals surface area (Å²) >= 11 is 2.25. The number of benzene rings is 1. The molecule has 1 heterocycles. The molecule has 0 fully saturated rings. The second kappa shape index (κ2) is 4.76. The first-order valence-electron chi connectivity index (χ1n) is 4.62. The maximum atomic E-state index is 8.76. The van der Waals surface area contributed by atoms with Crippen molar-refractivity contribution in [3.05, 3.63) is 39.6 Å². The molecule has 0 radical (unpaired) electrons. The number of rotatable bonds is 3. The summed E-state index contributed by atoms with van der Waals surface area (Å²) in [6, 6.07) is 9.87. The standard InChI is InChI=1S/C11H10INO2/c12-9-3-1-2-8(6-9)11-7-10(4-5-14)13-15-11/h1-3,6-7,14H,4-5H2. The highest BCUT2D eigenvalue weighted by Crippen LogP contribution is 2.22. The van der Waals surface area contributed by atoms with Crippen molar-refractivity contribution in [3.8, 4) is 11.3 Å². The van der Waals surface area contributed by atoms with Crippen LogP contribution in [0.1, 0.15) is 5.69 Å². The normalized spacial score (nSPS) is 10.5. The lowest BCUT2D eigenvalue weighted by Crippen LogP contribution is -1.88. The molecule has 1 aromatic heterocycles. The molecule has 2 rings (SSSR count). The number of hydrogen-bond acceptors (Lipinski definition) is 3. The Morgan fingerprint density at radius 2 is 2.20 bits per heavy atom. The van der Waals surface area contributed by atoms with Gasteiger partial charge in [0.15, 0.2) is 5.76 Å². The molecule has 0 aliphatic rings. The van der Waals surface area contributed by atoms with Gasteiger partial charge in [-0.1, -0.05) is 17.3 Å². The predicted octanol–water partition coefficient (Wildman–Crippen LogP) is 2.48. The monoisotopic (exact) mass is 315 g/mol. The van der Waals surface area contributed by atoms with E-state index in [-0.39, 0.29) is 6.61 Å². The zero-order chi connectivity index (χ0) is 10.7. The summed E-state index contributed by atoms with van der Waals surface area (Å²) in [7, 11) is 0. The minimum Gasteiger partial charge on any atom is -0.396 e. The third-order valence-electron chi connectivity index (χ3n) is 2.04. The number of aromatic nitrogens is 1. The maximum Gasteiger partial charge on any atom is 0.167 e. The van der Waals surface area contributed by atoms with Gasteiger partial charge < -0.3 is 9.63 Å². The highest BCUT2D eigenvalue weighted by Gasteiger charge is 2.06. The lowest BCUT2D eigenvalue weighted by molar-refractivity contribution is 0.294. The SMILES string of the molecule is OCCc1cc(-c2cccc(I)c2)on1. The molecule has 15 heavy (non-hydrogen) atoms. The summed E-state index contributed by atoms with van der Waals surface area (Å²) in [5.41, 5.74) is 1.80. The number of aliphatic hydroxyl groups is 1. The Morgan fingerprint density at radius 1 is 1.33 bits per heavy atom. The first-order chi connectivity index (χ1) is 7.29. The molecule has 0 bridgehead atoms. The van der Waals surface area contributed by atoms with E-state index >= 15 is 0 Å². The van der Waals surface area contributed by atoms with Crippen molar-refractivity contribution >= 4 is 22.6 Å². The molecule has 0 spiro atoms. The van der Waals surface area contributed by atoms with Crippen molar-refractivity contribution in [1.29, 1.82) is 0 Å². The quantitative estimate of drug-likeness (QED) is 0.885. The van der Waals surface area contributed by atoms with E-state index in [9.17, 15) is 0 Å². The second-order valence-corrected chi connectivity index (χ2v) is 4.41. The Bertz CT molecular complexity index is 453. The van der Waals surface area contributed by atoms with Gasteiger partial charge in [-0.3, -0.25) is 0 Å². The fourth-order valence-corrected chi connectivity index (χ4v) is 1.87. The van der Waals surface area contributed by atoms with Gasteiger partial charge in [0, 0.05) is 28.2 Å². The zero-order valence-electron chi connectivity index (χ0n) is 7.98. The van der Waals surface area contributed by atoms with Crippen LogP contribution in [0.2, 0.25) is 0 Å². The van der Waals surface area contributed by atoms with Gasteiger partial charge >= 0.3 is 0 Å². The maximum absolute atomic E-state index is 8.76. The lowest BCUT2D eigenvalue weighted by atomic mass is 10.1. The minimum absolute atomic E-state index is 0.0955. The van der Waals surface area contributed by atoms with E-state index in [0.717, 1.165) is 20.6 Å². The van der Waals surface area contributed by atoms with Gasteiger partial charge in [0.1, 0.15) is 0 Å². The second-order valence-electron chi connectivity index (χ2n) is 3.17. The first-order valence-corrected chi connectivity index (χ1v) is 5.70. The van der Waals surface area contributed by atoms with Gasteiger partial charge in [0.05, 0.1) is 5.69 Å². The Labute approximate surface area is 101 Å². The van der Waals surface area contributed by atoms with E-state index in [4.69, 9.17) is 9.63 Å². The van der Waals surface area contributed by atoms with Gasteiger partial charge in [0.2, 0.25) is 0 Å². The summed E-state index contributed by atoms with van der Waals surface area (Å²) in [4.78, 5) is 0. The number of nitrogens with zero attached hydrogens (tertiary/aromatic N) is 1. The Hall–Kier alpha value is -0.880. The van der Waals surface area contributed by atoms with Crippen LogP contribution in [0.15, 0.2) is 34.9 Å². The topological polar surface area (TPSA) is 46.3 Å². The number of hydrogen-bond donors (Lipinski definition) is 1. The molecule has 2 aromatic rings. The fourth-order valence-electron chi connectivity index (χ4n) is 1.32. The van der Waals surface area contributed by atoms with Crippen molar-refractivity contribution in [3.63, 3.8) is 0 Å².